The second-order valence-electron chi connectivity index (χ2n) is 6.57. The molecule has 31 heavy (non-hydrogen) atoms. The van der Waals surface area contributed by atoms with Gasteiger partial charge in [-0.15, -0.1) is 4.99 Å². The van der Waals surface area contributed by atoms with Crippen LogP contribution in [-0.4, -0.2) is 61.3 Å². The number of methoxy groups -OCH3 is 1. The van der Waals surface area contributed by atoms with Crippen LogP contribution in [0.2, 0.25) is 0 Å². The van der Waals surface area contributed by atoms with Gasteiger partial charge in [0.2, 0.25) is 0 Å². The molecule has 1 aliphatic heterocycles. The zero-order valence-corrected chi connectivity index (χ0v) is 16.8. The summed E-state index contributed by atoms with van der Waals surface area (Å²) >= 11 is 0. The zero-order chi connectivity index (χ0) is 22.4. The Kier molecular flexibility index (Phi) is 6.80. The highest BCUT2D eigenvalue weighted by Gasteiger charge is 2.23. The number of pyridine rings is 2. The molecule has 1 amide bonds. The summed E-state index contributed by atoms with van der Waals surface area (Å²) in [5, 5.41) is 0. The molecular formula is C19H22FN7O4. The van der Waals surface area contributed by atoms with E-state index in [-0.39, 0.29) is 18.0 Å². The average molecular weight is 431 g/mol. The smallest absolute Gasteiger partial charge is 0.437 e. The van der Waals surface area contributed by atoms with Crippen molar-refractivity contribution >= 4 is 29.7 Å². The van der Waals surface area contributed by atoms with Gasteiger partial charge in [-0.3, -0.25) is 0 Å². The van der Waals surface area contributed by atoms with Gasteiger partial charge in [-0.05, 0) is 18.2 Å². The van der Waals surface area contributed by atoms with Crippen molar-refractivity contribution in [1.29, 1.82) is 0 Å². The van der Waals surface area contributed by atoms with Gasteiger partial charge in [0, 0.05) is 44.1 Å². The van der Waals surface area contributed by atoms with Gasteiger partial charge in [0.15, 0.2) is 17.6 Å². The SMILES string of the molecule is COC(=O)c1ccc(N2CCN(c3nccc(COC(=O)N=C(N)N)c3F)CC2)nc1. The molecule has 0 aromatic carbocycles. The number of halogens is 1. The fourth-order valence-electron chi connectivity index (χ4n) is 3.04. The second kappa shape index (κ2) is 9.69. The number of rotatable bonds is 5. The van der Waals surface area contributed by atoms with Crippen LogP contribution >= 0.6 is 0 Å². The minimum Gasteiger partial charge on any atom is -0.465 e. The number of amides is 1. The minimum absolute atomic E-state index is 0.159. The Bertz CT molecular complexity index is 972. The molecule has 1 saturated heterocycles. The maximum absolute atomic E-state index is 14.9. The molecule has 3 heterocycles. The van der Waals surface area contributed by atoms with E-state index in [9.17, 15) is 14.0 Å². The highest BCUT2D eigenvalue weighted by molar-refractivity contribution is 5.89. The number of anilines is 2. The molecule has 0 radical (unpaired) electrons. The third-order valence-electron chi connectivity index (χ3n) is 4.59. The van der Waals surface area contributed by atoms with Crippen LogP contribution < -0.4 is 21.3 Å². The molecule has 3 rings (SSSR count). The number of carbonyl (C=O) groups excluding carboxylic acids is 2. The van der Waals surface area contributed by atoms with Gasteiger partial charge >= 0.3 is 12.1 Å². The lowest BCUT2D eigenvalue weighted by molar-refractivity contribution is 0.0600. The normalized spacial score (nSPS) is 13.5. The molecule has 12 heteroatoms. The first-order valence-electron chi connectivity index (χ1n) is 9.33. The topological polar surface area (TPSA) is 149 Å². The van der Waals surface area contributed by atoms with Gasteiger partial charge in [-0.2, -0.15) is 0 Å². The minimum atomic E-state index is -1.00. The van der Waals surface area contributed by atoms with Crippen LogP contribution in [0.15, 0.2) is 35.6 Å². The number of hydrogen-bond acceptors (Lipinski definition) is 8. The molecule has 0 saturated carbocycles. The molecule has 0 atom stereocenters. The fraction of sp³-hybridized carbons (Fsp3) is 0.316. The molecule has 0 spiro atoms. The number of nitrogens with zero attached hydrogens (tertiary/aromatic N) is 5. The molecule has 0 aliphatic carbocycles. The number of guanidine groups is 1. The molecule has 0 bridgehead atoms. The van der Waals surface area contributed by atoms with E-state index in [1.807, 2.05) is 4.90 Å². The van der Waals surface area contributed by atoms with Gasteiger partial charge in [0.25, 0.3) is 0 Å². The van der Waals surface area contributed by atoms with E-state index in [2.05, 4.69) is 19.7 Å². The van der Waals surface area contributed by atoms with E-state index in [0.717, 1.165) is 0 Å². The Morgan fingerprint density at radius 3 is 2.45 bits per heavy atom. The molecule has 4 N–H and O–H groups in total. The van der Waals surface area contributed by atoms with Crippen molar-refractivity contribution < 1.29 is 23.5 Å². The number of esters is 1. The molecule has 164 valence electrons. The second-order valence-corrected chi connectivity index (χ2v) is 6.57. The predicted octanol–water partition coefficient (Wildman–Crippen LogP) is 0.639. The average Bonchev–Trinajstić information content (AvgIpc) is 2.77. The lowest BCUT2D eigenvalue weighted by Gasteiger charge is -2.36. The summed E-state index contributed by atoms with van der Waals surface area (Å²) in [6.45, 7) is 1.83. The molecule has 1 fully saturated rings. The summed E-state index contributed by atoms with van der Waals surface area (Å²) in [7, 11) is 1.31. The molecular weight excluding hydrogens is 409 g/mol. The van der Waals surface area contributed by atoms with Crippen molar-refractivity contribution in [3.05, 3.63) is 47.5 Å². The Morgan fingerprint density at radius 2 is 1.84 bits per heavy atom. The van der Waals surface area contributed by atoms with Crippen molar-refractivity contribution in [2.75, 3.05) is 43.1 Å². The van der Waals surface area contributed by atoms with E-state index >= 15 is 0 Å². The number of aromatic nitrogens is 2. The number of aliphatic imine (C=N–C) groups is 1. The Labute approximate surface area is 177 Å². The number of carbonyl (C=O) groups is 2. The first-order chi connectivity index (χ1) is 14.9. The van der Waals surface area contributed by atoms with Gasteiger partial charge in [0.1, 0.15) is 12.4 Å². The van der Waals surface area contributed by atoms with Crippen LogP contribution in [0.1, 0.15) is 15.9 Å². The lowest BCUT2D eigenvalue weighted by Crippen LogP contribution is -2.47. The highest BCUT2D eigenvalue weighted by atomic mass is 19.1. The number of piperazine rings is 1. The monoisotopic (exact) mass is 431 g/mol. The van der Waals surface area contributed by atoms with Crippen LogP contribution in [0.4, 0.5) is 20.8 Å². The number of ether oxygens (including phenoxy) is 2. The van der Waals surface area contributed by atoms with Crippen LogP contribution in [-0.2, 0) is 16.1 Å². The van der Waals surface area contributed by atoms with Gasteiger partial charge in [0.05, 0.1) is 12.7 Å². The number of hydrogen-bond donors (Lipinski definition) is 2. The number of nitrogens with two attached hydrogens (primary N) is 2. The third-order valence-corrected chi connectivity index (χ3v) is 4.59. The van der Waals surface area contributed by atoms with Gasteiger partial charge < -0.3 is 30.7 Å². The van der Waals surface area contributed by atoms with Crippen molar-refractivity contribution in [3.8, 4) is 0 Å². The van der Waals surface area contributed by atoms with Gasteiger partial charge in [-0.25, -0.2) is 23.9 Å². The summed E-state index contributed by atoms with van der Waals surface area (Å²) in [6, 6.07) is 4.81. The quantitative estimate of drug-likeness (QED) is 0.392. The largest absolute Gasteiger partial charge is 0.465 e. The van der Waals surface area contributed by atoms with E-state index in [1.165, 1.54) is 25.6 Å². The zero-order valence-electron chi connectivity index (χ0n) is 16.8. The third kappa shape index (κ3) is 5.35. The standard InChI is InChI=1S/C19H22FN7O4/c1-30-17(28)12-2-3-14(24-10-12)26-6-8-27(9-7-26)16-15(20)13(4-5-23-16)11-31-19(29)25-18(21)22/h2-5,10H,6-9,11H2,1H3,(H4,21,22,25,29). The summed E-state index contributed by atoms with van der Waals surface area (Å²) in [5.74, 6) is -0.582. The lowest BCUT2D eigenvalue weighted by atomic mass is 10.2. The van der Waals surface area contributed by atoms with Crippen LogP contribution in [0.25, 0.3) is 0 Å². The molecule has 1 aliphatic rings. The molecule has 11 nitrogen and oxygen atoms in total. The molecule has 2 aromatic heterocycles. The predicted molar refractivity (Wildman–Crippen MR) is 110 cm³/mol. The fourth-order valence-corrected chi connectivity index (χ4v) is 3.04. The van der Waals surface area contributed by atoms with Crippen molar-refractivity contribution in [1.82, 2.24) is 9.97 Å². The van der Waals surface area contributed by atoms with Crippen LogP contribution in [0.5, 0.6) is 0 Å². The van der Waals surface area contributed by atoms with Crippen LogP contribution in [0.3, 0.4) is 0 Å². The van der Waals surface area contributed by atoms with Gasteiger partial charge in [-0.1, -0.05) is 0 Å². The maximum Gasteiger partial charge on any atom is 0.437 e. The maximum atomic E-state index is 14.9. The molecule has 2 aromatic rings. The summed E-state index contributed by atoms with van der Waals surface area (Å²) in [6.07, 6.45) is 1.90. The summed E-state index contributed by atoms with van der Waals surface area (Å²) in [5.41, 5.74) is 10.7. The van der Waals surface area contributed by atoms with E-state index in [4.69, 9.17) is 16.2 Å². The van der Waals surface area contributed by atoms with Crippen molar-refractivity contribution in [3.63, 3.8) is 0 Å². The van der Waals surface area contributed by atoms with E-state index in [1.54, 1.807) is 17.0 Å². The summed E-state index contributed by atoms with van der Waals surface area (Å²) < 4.78 is 24.4. The van der Waals surface area contributed by atoms with Crippen molar-refractivity contribution in [2.45, 2.75) is 6.61 Å². The first kappa shape index (κ1) is 21.7. The Balaban J connectivity index is 1.62. The van der Waals surface area contributed by atoms with Crippen molar-refractivity contribution in [2.24, 2.45) is 16.5 Å². The van der Waals surface area contributed by atoms with E-state index < -0.39 is 23.8 Å². The first-order valence-corrected chi connectivity index (χ1v) is 9.33. The molecule has 0 unspecified atom stereocenters. The van der Waals surface area contributed by atoms with E-state index in [0.29, 0.717) is 37.6 Å². The summed E-state index contributed by atoms with van der Waals surface area (Å²) in [4.78, 5) is 38.4. The Hall–Kier alpha value is -3.96. The van der Waals surface area contributed by atoms with Crippen LogP contribution in [0, 0.1) is 5.82 Å². The Morgan fingerprint density at radius 1 is 1.13 bits per heavy atom. The highest BCUT2D eigenvalue weighted by Crippen LogP contribution is 2.23.